The minimum Gasteiger partial charge on any atom is -0.481 e. The van der Waals surface area contributed by atoms with E-state index < -0.39 is 5.97 Å². The summed E-state index contributed by atoms with van der Waals surface area (Å²) in [5.74, 6) is -0.293. The molecular weight excluding hydrogens is 212 g/mol. The Morgan fingerprint density at radius 1 is 1.12 bits per heavy atom. The predicted molar refractivity (Wildman–Crippen MR) is 73.2 cm³/mol. The molecule has 0 radical (unpaired) electrons. The molecule has 0 aliphatic carbocycles. The van der Waals surface area contributed by atoms with Crippen molar-refractivity contribution in [2.75, 3.05) is 0 Å². The van der Waals surface area contributed by atoms with Crippen molar-refractivity contribution in [2.45, 2.75) is 79.1 Å². The summed E-state index contributed by atoms with van der Waals surface area (Å²) >= 11 is 0. The van der Waals surface area contributed by atoms with Gasteiger partial charge in [0.1, 0.15) is 0 Å². The summed E-state index contributed by atoms with van der Waals surface area (Å²) < 4.78 is 0. The summed E-state index contributed by atoms with van der Waals surface area (Å²) in [5, 5.41) is 9.07. The van der Waals surface area contributed by atoms with Gasteiger partial charge in [-0.1, -0.05) is 53.4 Å². The molecule has 0 rings (SSSR count). The van der Waals surface area contributed by atoms with Gasteiger partial charge in [0.15, 0.2) is 0 Å². The van der Waals surface area contributed by atoms with Gasteiger partial charge < -0.3 is 5.11 Å². The zero-order valence-corrected chi connectivity index (χ0v) is 12.1. The minimum atomic E-state index is -0.637. The lowest BCUT2D eigenvalue weighted by Gasteiger charge is -2.37. The van der Waals surface area contributed by atoms with Crippen LogP contribution in [0, 0.1) is 11.3 Å². The first-order valence-corrected chi connectivity index (χ1v) is 7.21. The first kappa shape index (κ1) is 16.5. The van der Waals surface area contributed by atoms with Crippen LogP contribution in [0.25, 0.3) is 0 Å². The van der Waals surface area contributed by atoms with E-state index in [2.05, 4.69) is 27.7 Å². The second kappa shape index (κ2) is 8.54. The third-order valence-electron chi connectivity index (χ3n) is 3.97. The molecule has 0 bridgehead atoms. The monoisotopic (exact) mass is 242 g/mol. The average molecular weight is 242 g/mol. The van der Waals surface area contributed by atoms with Crippen LogP contribution in [0.3, 0.4) is 0 Å². The number of carbonyl (C=O) groups is 1. The Hall–Kier alpha value is -0.530. The standard InChI is InChI=1S/C15H30O2/c1-5-8-11-15(4,10-7-3)13(9-6-2)12-14(16)17/h13H,5-12H2,1-4H3,(H,16,17)/t13-,15?/m0/s1. The third-order valence-corrected chi connectivity index (χ3v) is 3.97. The topological polar surface area (TPSA) is 37.3 Å². The number of hydrogen-bond acceptors (Lipinski definition) is 1. The first-order valence-electron chi connectivity index (χ1n) is 7.21. The molecule has 0 heterocycles. The van der Waals surface area contributed by atoms with E-state index in [1.54, 1.807) is 0 Å². The zero-order valence-electron chi connectivity index (χ0n) is 12.1. The highest BCUT2D eigenvalue weighted by Crippen LogP contribution is 2.42. The maximum absolute atomic E-state index is 11.0. The number of carboxylic acids is 1. The molecule has 0 amide bonds. The highest BCUT2D eigenvalue weighted by molar-refractivity contribution is 5.67. The van der Waals surface area contributed by atoms with Gasteiger partial charge >= 0.3 is 5.97 Å². The van der Waals surface area contributed by atoms with Crippen LogP contribution in [0.2, 0.25) is 0 Å². The number of hydrogen-bond donors (Lipinski definition) is 1. The van der Waals surface area contributed by atoms with Gasteiger partial charge in [-0.2, -0.15) is 0 Å². The summed E-state index contributed by atoms with van der Waals surface area (Å²) in [5.41, 5.74) is 0.221. The van der Waals surface area contributed by atoms with E-state index in [1.165, 1.54) is 19.3 Å². The maximum Gasteiger partial charge on any atom is 0.303 e. The quantitative estimate of drug-likeness (QED) is 0.593. The predicted octanol–water partition coefficient (Wildman–Crippen LogP) is 4.87. The Balaban J connectivity index is 4.71. The molecule has 0 aromatic rings. The lowest BCUT2D eigenvalue weighted by Crippen LogP contribution is -2.29. The van der Waals surface area contributed by atoms with Gasteiger partial charge in [-0.3, -0.25) is 4.79 Å². The van der Waals surface area contributed by atoms with Crippen LogP contribution in [0.4, 0.5) is 0 Å². The average Bonchev–Trinajstić information content (AvgIpc) is 2.26. The molecule has 17 heavy (non-hydrogen) atoms. The van der Waals surface area contributed by atoms with Gasteiger partial charge in [0.25, 0.3) is 0 Å². The molecule has 1 unspecified atom stereocenters. The van der Waals surface area contributed by atoms with Crippen LogP contribution in [0.5, 0.6) is 0 Å². The van der Waals surface area contributed by atoms with Gasteiger partial charge in [0, 0.05) is 6.42 Å². The van der Waals surface area contributed by atoms with Gasteiger partial charge in [0.05, 0.1) is 0 Å². The molecular formula is C15H30O2. The van der Waals surface area contributed by atoms with Gasteiger partial charge in [-0.25, -0.2) is 0 Å². The molecule has 0 fully saturated rings. The fraction of sp³-hybridized carbons (Fsp3) is 0.933. The summed E-state index contributed by atoms with van der Waals surface area (Å²) in [7, 11) is 0. The lowest BCUT2D eigenvalue weighted by molar-refractivity contribution is -0.139. The Kier molecular flexibility index (Phi) is 8.28. The van der Waals surface area contributed by atoms with Crippen LogP contribution in [-0.4, -0.2) is 11.1 Å². The van der Waals surface area contributed by atoms with E-state index in [4.69, 9.17) is 5.11 Å². The summed E-state index contributed by atoms with van der Waals surface area (Å²) in [4.78, 5) is 11.0. The second-order valence-electron chi connectivity index (χ2n) is 5.59. The van der Waals surface area contributed by atoms with Crippen molar-refractivity contribution >= 4 is 5.97 Å². The van der Waals surface area contributed by atoms with E-state index in [0.29, 0.717) is 12.3 Å². The Bertz CT molecular complexity index is 213. The molecule has 0 aromatic heterocycles. The summed E-state index contributed by atoms with van der Waals surface area (Å²) in [6, 6.07) is 0. The van der Waals surface area contributed by atoms with Crippen molar-refractivity contribution in [2.24, 2.45) is 11.3 Å². The van der Waals surface area contributed by atoms with Crippen molar-refractivity contribution in [3.05, 3.63) is 0 Å². The van der Waals surface area contributed by atoms with Gasteiger partial charge in [-0.05, 0) is 30.6 Å². The molecule has 0 aliphatic heterocycles. The molecule has 0 aromatic carbocycles. The molecule has 2 heteroatoms. The van der Waals surface area contributed by atoms with E-state index in [0.717, 1.165) is 25.7 Å². The van der Waals surface area contributed by atoms with Gasteiger partial charge in [-0.15, -0.1) is 0 Å². The number of rotatable bonds is 10. The Labute approximate surface area is 107 Å². The fourth-order valence-corrected chi connectivity index (χ4v) is 2.94. The highest BCUT2D eigenvalue weighted by Gasteiger charge is 2.33. The van der Waals surface area contributed by atoms with Crippen LogP contribution in [0.1, 0.15) is 79.1 Å². The zero-order chi connectivity index (χ0) is 13.3. The smallest absolute Gasteiger partial charge is 0.303 e. The molecule has 1 N–H and O–H groups in total. The third kappa shape index (κ3) is 6.09. The van der Waals surface area contributed by atoms with E-state index in [9.17, 15) is 4.79 Å². The van der Waals surface area contributed by atoms with E-state index >= 15 is 0 Å². The molecule has 0 aliphatic rings. The van der Waals surface area contributed by atoms with Crippen molar-refractivity contribution in [1.29, 1.82) is 0 Å². The van der Waals surface area contributed by atoms with Gasteiger partial charge in [0.2, 0.25) is 0 Å². The van der Waals surface area contributed by atoms with Crippen LogP contribution >= 0.6 is 0 Å². The van der Waals surface area contributed by atoms with Crippen molar-refractivity contribution in [3.8, 4) is 0 Å². The number of aliphatic carboxylic acids is 1. The van der Waals surface area contributed by atoms with Crippen molar-refractivity contribution in [1.82, 2.24) is 0 Å². The molecule has 0 saturated heterocycles. The summed E-state index contributed by atoms with van der Waals surface area (Å²) in [6.45, 7) is 8.86. The van der Waals surface area contributed by atoms with Crippen LogP contribution < -0.4 is 0 Å². The highest BCUT2D eigenvalue weighted by atomic mass is 16.4. The normalized spacial score (nSPS) is 16.5. The number of carboxylic acid groups (broad SMARTS) is 1. The molecule has 2 atom stereocenters. The Morgan fingerprint density at radius 2 is 1.76 bits per heavy atom. The maximum atomic E-state index is 11.0. The fourth-order valence-electron chi connectivity index (χ4n) is 2.94. The van der Waals surface area contributed by atoms with Crippen molar-refractivity contribution < 1.29 is 9.90 Å². The van der Waals surface area contributed by atoms with E-state index in [1.807, 2.05) is 0 Å². The second-order valence-corrected chi connectivity index (χ2v) is 5.59. The van der Waals surface area contributed by atoms with Crippen LogP contribution in [-0.2, 0) is 4.79 Å². The van der Waals surface area contributed by atoms with Crippen molar-refractivity contribution in [3.63, 3.8) is 0 Å². The largest absolute Gasteiger partial charge is 0.481 e. The lowest BCUT2D eigenvalue weighted by atomic mass is 9.67. The minimum absolute atomic E-state index is 0.221. The Morgan fingerprint density at radius 3 is 2.18 bits per heavy atom. The molecule has 0 saturated carbocycles. The number of unbranched alkanes of at least 4 members (excludes halogenated alkanes) is 1. The SMILES string of the molecule is CCCCC(C)(CCC)[C@@H](CCC)CC(=O)O. The van der Waals surface area contributed by atoms with Crippen LogP contribution in [0.15, 0.2) is 0 Å². The molecule has 0 spiro atoms. The first-order chi connectivity index (χ1) is 8.00. The molecule has 2 nitrogen and oxygen atoms in total. The summed E-state index contributed by atoms with van der Waals surface area (Å²) in [6.07, 6.45) is 8.38. The molecule has 102 valence electrons. The van der Waals surface area contributed by atoms with E-state index in [-0.39, 0.29) is 5.41 Å².